The first-order chi connectivity index (χ1) is 5.57. The number of aliphatic hydroxyl groups excluding tert-OH is 5. The van der Waals surface area contributed by atoms with Gasteiger partial charge in [-0.2, -0.15) is 0 Å². The van der Waals surface area contributed by atoms with Gasteiger partial charge in [-0.1, -0.05) is 0 Å². The van der Waals surface area contributed by atoms with E-state index >= 15 is 0 Å². The van der Waals surface area contributed by atoms with Gasteiger partial charge in [0.15, 0.2) is 0 Å². The van der Waals surface area contributed by atoms with Crippen LogP contribution in [0.2, 0.25) is 0 Å². The Morgan fingerprint density at radius 1 is 0.917 bits per heavy atom. The summed E-state index contributed by atoms with van der Waals surface area (Å²) in [5.41, 5.74) is 0. The van der Waals surface area contributed by atoms with Crippen molar-refractivity contribution in [2.45, 2.75) is 30.6 Å². The molecule has 6 nitrogen and oxygen atoms in total. The minimum Gasteiger partial charge on any atom is -0.395 e. The highest BCUT2D eigenvalue weighted by atomic mass is 16.4. The third-order valence-electron chi connectivity index (χ3n) is 2.02. The molecular formula is C6H13NO5. The molecule has 1 saturated heterocycles. The molecule has 0 bridgehead atoms. The maximum absolute atomic E-state index is 9.18. The summed E-state index contributed by atoms with van der Waals surface area (Å²) in [7, 11) is 0. The van der Waals surface area contributed by atoms with Crippen LogP contribution in [0.25, 0.3) is 0 Å². The van der Waals surface area contributed by atoms with Gasteiger partial charge in [0, 0.05) is 0 Å². The maximum Gasteiger partial charge on any atom is 0.134 e. The molecule has 1 unspecified atom stereocenters. The van der Waals surface area contributed by atoms with Crippen molar-refractivity contribution < 1.29 is 25.5 Å². The molecule has 1 aliphatic rings. The maximum atomic E-state index is 9.18. The van der Waals surface area contributed by atoms with Crippen LogP contribution in [0.1, 0.15) is 0 Å². The van der Waals surface area contributed by atoms with E-state index in [1.54, 1.807) is 0 Å². The molecule has 6 N–H and O–H groups in total. The number of hydrogen-bond donors (Lipinski definition) is 6. The van der Waals surface area contributed by atoms with Crippen molar-refractivity contribution >= 4 is 0 Å². The van der Waals surface area contributed by atoms with Crippen LogP contribution >= 0.6 is 0 Å². The second kappa shape index (κ2) is 3.65. The average Bonchev–Trinajstić information content (AvgIpc) is 2.08. The molecule has 0 aromatic heterocycles. The third-order valence-corrected chi connectivity index (χ3v) is 2.02. The first-order valence-corrected chi connectivity index (χ1v) is 3.67. The molecule has 5 atom stereocenters. The molecule has 0 spiro atoms. The highest BCUT2D eigenvalue weighted by Crippen LogP contribution is 2.13. The molecule has 1 heterocycles. The van der Waals surface area contributed by atoms with Gasteiger partial charge < -0.3 is 25.5 Å². The Morgan fingerprint density at radius 3 is 2.00 bits per heavy atom. The lowest BCUT2D eigenvalue weighted by Gasteiger charge is -2.38. The van der Waals surface area contributed by atoms with Crippen LogP contribution in [-0.2, 0) is 0 Å². The SMILES string of the molecule is OC[C@@H]1NC(O)[C@@H](O)[C@H](O)[C@H]1O. The van der Waals surface area contributed by atoms with Crippen molar-refractivity contribution in [3.63, 3.8) is 0 Å². The van der Waals surface area contributed by atoms with Gasteiger partial charge in [-0.3, -0.25) is 5.32 Å². The van der Waals surface area contributed by atoms with Gasteiger partial charge in [0.1, 0.15) is 24.5 Å². The fourth-order valence-electron chi connectivity index (χ4n) is 1.20. The molecule has 12 heavy (non-hydrogen) atoms. The summed E-state index contributed by atoms with van der Waals surface area (Å²) in [6, 6.07) is -0.807. The summed E-state index contributed by atoms with van der Waals surface area (Å²) in [6.07, 6.45) is -5.45. The topological polar surface area (TPSA) is 113 Å². The molecule has 0 aromatic carbocycles. The van der Waals surface area contributed by atoms with E-state index in [-0.39, 0.29) is 0 Å². The molecule has 1 aliphatic heterocycles. The van der Waals surface area contributed by atoms with Crippen molar-refractivity contribution in [2.24, 2.45) is 0 Å². The Balaban J connectivity index is 2.63. The summed E-state index contributed by atoms with van der Waals surface area (Å²) in [4.78, 5) is 0. The van der Waals surface area contributed by atoms with E-state index in [9.17, 15) is 5.11 Å². The van der Waals surface area contributed by atoms with Crippen molar-refractivity contribution in [1.29, 1.82) is 0 Å². The number of aliphatic hydroxyl groups is 5. The van der Waals surface area contributed by atoms with Crippen LogP contribution in [0.3, 0.4) is 0 Å². The second-order valence-electron chi connectivity index (χ2n) is 2.87. The number of hydrogen-bond acceptors (Lipinski definition) is 6. The Bertz CT molecular complexity index is 150. The van der Waals surface area contributed by atoms with Crippen LogP contribution in [-0.4, -0.2) is 62.7 Å². The predicted molar refractivity (Wildman–Crippen MR) is 38.0 cm³/mol. The number of rotatable bonds is 1. The van der Waals surface area contributed by atoms with Crippen LogP contribution in [0.15, 0.2) is 0 Å². The fraction of sp³-hybridized carbons (Fsp3) is 1.00. The minimum atomic E-state index is -1.43. The first kappa shape index (κ1) is 9.85. The number of nitrogens with one attached hydrogen (secondary N) is 1. The summed E-state index contributed by atoms with van der Waals surface area (Å²) in [5, 5.41) is 47.3. The molecule has 0 aromatic rings. The number of piperidine rings is 1. The van der Waals surface area contributed by atoms with Gasteiger partial charge in [0.05, 0.1) is 12.6 Å². The second-order valence-corrected chi connectivity index (χ2v) is 2.87. The summed E-state index contributed by atoms with van der Waals surface area (Å²) < 4.78 is 0. The highest BCUT2D eigenvalue weighted by Gasteiger charge is 2.40. The van der Waals surface area contributed by atoms with E-state index < -0.39 is 37.2 Å². The molecule has 6 heteroatoms. The lowest BCUT2D eigenvalue weighted by molar-refractivity contribution is -0.161. The normalized spacial score (nSPS) is 49.2. The van der Waals surface area contributed by atoms with Gasteiger partial charge >= 0.3 is 0 Å². The fourth-order valence-corrected chi connectivity index (χ4v) is 1.20. The van der Waals surface area contributed by atoms with Crippen molar-refractivity contribution in [3.05, 3.63) is 0 Å². The van der Waals surface area contributed by atoms with Crippen molar-refractivity contribution in [2.75, 3.05) is 6.61 Å². The molecule has 0 radical (unpaired) electrons. The van der Waals surface area contributed by atoms with E-state index in [2.05, 4.69) is 5.32 Å². The minimum absolute atomic E-state index is 0.415. The molecule has 1 fully saturated rings. The quantitative estimate of drug-likeness (QED) is 0.247. The first-order valence-electron chi connectivity index (χ1n) is 3.67. The Hall–Kier alpha value is -0.240. The van der Waals surface area contributed by atoms with E-state index in [0.717, 1.165) is 0 Å². The van der Waals surface area contributed by atoms with E-state index in [4.69, 9.17) is 20.4 Å². The molecule has 0 saturated carbocycles. The molecule has 0 aliphatic carbocycles. The highest BCUT2D eigenvalue weighted by molar-refractivity contribution is 4.93. The summed E-state index contributed by atoms with van der Waals surface area (Å²) >= 11 is 0. The lowest BCUT2D eigenvalue weighted by atomic mass is 9.95. The predicted octanol–water partition coefficient (Wildman–Crippen LogP) is -3.65. The molecule has 72 valence electrons. The van der Waals surface area contributed by atoms with Crippen molar-refractivity contribution in [3.8, 4) is 0 Å². The Morgan fingerprint density at radius 2 is 1.50 bits per heavy atom. The standard InChI is InChI=1S/C6H13NO5/c8-1-2-3(9)4(10)5(11)6(12)7-2/h2-12H,1H2/t2-,3-,4+,5-,6?/m0/s1. The smallest absolute Gasteiger partial charge is 0.134 e. The Labute approximate surface area is 69.1 Å². The third kappa shape index (κ3) is 1.58. The molecule has 0 amide bonds. The van der Waals surface area contributed by atoms with Gasteiger partial charge in [0.2, 0.25) is 0 Å². The summed E-state index contributed by atoms with van der Waals surface area (Å²) in [6.45, 7) is -0.415. The Kier molecular flexibility index (Phi) is 2.99. The van der Waals surface area contributed by atoms with E-state index in [1.807, 2.05) is 0 Å². The van der Waals surface area contributed by atoms with Crippen LogP contribution in [0.5, 0.6) is 0 Å². The van der Waals surface area contributed by atoms with E-state index in [0.29, 0.717) is 0 Å². The van der Waals surface area contributed by atoms with Gasteiger partial charge in [-0.15, -0.1) is 0 Å². The van der Waals surface area contributed by atoms with Gasteiger partial charge in [0.25, 0.3) is 0 Å². The van der Waals surface area contributed by atoms with Gasteiger partial charge in [-0.25, -0.2) is 0 Å². The van der Waals surface area contributed by atoms with Crippen LogP contribution < -0.4 is 5.32 Å². The lowest BCUT2D eigenvalue weighted by Crippen LogP contribution is -2.65. The van der Waals surface area contributed by atoms with Crippen molar-refractivity contribution in [1.82, 2.24) is 5.32 Å². The van der Waals surface area contributed by atoms with Gasteiger partial charge in [-0.05, 0) is 0 Å². The molecular weight excluding hydrogens is 166 g/mol. The zero-order valence-corrected chi connectivity index (χ0v) is 6.33. The van der Waals surface area contributed by atoms with Crippen LogP contribution in [0.4, 0.5) is 0 Å². The zero-order chi connectivity index (χ0) is 9.30. The summed E-state index contributed by atoms with van der Waals surface area (Å²) in [5.74, 6) is 0. The van der Waals surface area contributed by atoms with Crippen LogP contribution in [0, 0.1) is 0 Å². The molecule has 1 rings (SSSR count). The zero-order valence-electron chi connectivity index (χ0n) is 6.33. The largest absolute Gasteiger partial charge is 0.395 e. The average molecular weight is 179 g/mol. The van der Waals surface area contributed by atoms with E-state index in [1.165, 1.54) is 0 Å². The monoisotopic (exact) mass is 179 g/mol.